The fourth-order valence-corrected chi connectivity index (χ4v) is 3.67. The van der Waals surface area contributed by atoms with Gasteiger partial charge in [-0.3, -0.25) is 0 Å². The van der Waals surface area contributed by atoms with E-state index in [4.69, 9.17) is 0 Å². The molecule has 0 heterocycles. The van der Waals surface area contributed by atoms with E-state index in [1.165, 1.54) is 45.2 Å². The van der Waals surface area contributed by atoms with Gasteiger partial charge in [-0.25, -0.2) is 0 Å². The van der Waals surface area contributed by atoms with Crippen LogP contribution in [0.1, 0.15) is 52.9 Å². The molecule has 2 fully saturated rings. The van der Waals surface area contributed by atoms with Crippen molar-refractivity contribution in [2.24, 2.45) is 16.7 Å². The minimum Gasteiger partial charge on any atom is -0.316 e. The average molecular weight is 195 g/mol. The van der Waals surface area contributed by atoms with Crippen LogP contribution < -0.4 is 5.32 Å². The molecule has 0 bridgehead atoms. The van der Waals surface area contributed by atoms with Crippen molar-refractivity contribution in [1.29, 1.82) is 0 Å². The van der Waals surface area contributed by atoms with E-state index in [9.17, 15) is 0 Å². The first-order chi connectivity index (χ1) is 6.62. The lowest BCUT2D eigenvalue weighted by atomic mass is 9.77. The molecule has 0 saturated heterocycles. The molecule has 2 atom stereocenters. The molecule has 82 valence electrons. The Morgan fingerprint density at radius 2 is 2.07 bits per heavy atom. The molecule has 0 aromatic rings. The highest BCUT2D eigenvalue weighted by Gasteiger charge is 2.63. The van der Waals surface area contributed by atoms with Crippen LogP contribution in [0.4, 0.5) is 0 Å². The summed E-state index contributed by atoms with van der Waals surface area (Å²) in [6.07, 6.45) is 7.19. The standard InChI is InChI=1S/C13H25N/c1-4-8-14-10-11-9-13(11)7-5-6-12(13,2)3/h11,14H,4-10H2,1-3H3. The molecular weight excluding hydrogens is 170 g/mol. The summed E-state index contributed by atoms with van der Waals surface area (Å²) < 4.78 is 0. The molecule has 0 aromatic heterocycles. The molecule has 1 nitrogen and oxygen atoms in total. The highest BCUT2D eigenvalue weighted by Crippen LogP contribution is 2.70. The van der Waals surface area contributed by atoms with Crippen molar-refractivity contribution in [2.75, 3.05) is 13.1 Å². The summed E-state index contributed by atoms with van der Waals surface area (Å²) in [5, 5.41) is 3.59. The second-order valence-electron chi connectivity index (χ2n) is 6.00. The normalized spacial score (nSPS) is 39.2. The maximum atomic E-state index is 3.59. The Bertz CT molecular complexity index is 209. The van der Waals surface area contributed by atoms with E-state index in [1.54, 1.807) is 0 Å². The molecule has 0 amide bonds. The van der Waals surface area contributed by atoms with Gasteiger partial charge in [0.2, 0.25) is 0 Å². The molecule has 2 unspecified atom stereocenters. The van der Waals surface area contributed by atoms with Gasteiger partial charge < -0.3 is 5.32 Å². The van der Waals surface area contributed by atoms with Gasteiger partial charge in [0.1, 0.15) is 0 Å². The molecule has 0 aromatic carbocycles. The Labute approximate surface area is 88.7 Å². The first-order valence-corrected chi connectivity index (χ1v) is 6.33. The topological polar surface area (TPSA) is 12.0 Å². The molecule has 1 heteroatoms. The van der Waals surface area contributed by atoms with E-state index in [0.717, 1.165) is 11.3 Å². The summed E-state index contributed by atoms with van der Waals surface area (Å²) in [5.74, 6) is 0.992. The molecule has 0 aliphatic heterocycles. The van der Waals surface area contributed by atoms with E-state index < -0.39 is 0 Å². The van der Waals surface area contributed by atoms with Gasteiger partial charge in [-0.15, -0.1) is 0 Å². The van der Waals surface area contributed by atoms with E-state index >= 15 is 0 Å². The highest BCUT2D eigenvalue weighted by molar-refractivity contribution is 5.13. The Morgan fingerprint density at radius 1 is 1.29 bits per heavy atom. The van der Waals surface area contributed by atoms with E-state index in [-0.39, 0.29) is 0 Å². The monoisotopic (exact) mass is 195 g/mol. The van der Waals surface area contributed by atoms with Crippen LogP contribution in [-0.2, 0) is 0 Å². The number of rotatable bonds is 4. The zero-order valence-corrected chi connectivity index (χ0v) is 10.0. The van der Waals surface area contributed by atoms with Crippen LogP contribution in [0.15, 0.2) is 0 Å². The van der Waals surface area contributed by atoms with Crippen molar-refractivity contribution in [3.8, 4) is 0 Å². The minimum atomic E-state index is 0.631. The SMILES string of the molecule is CCCNCC1CC12CCCC2(C)C. The lowest BCUT2D eigenvalue weighted by Gasteiger charge is -2.28. The zero-order chi connectivity index (χ0) is 10.2. The van der Waals surface area contributed by atoms with Crippen molar-refractivity contribution in [2.45, 2.75) is 52.9 Å². The van der Waals surface area contributed by atoms with Crippen molar-refractivity contribution in [3.63, 3.8) is 0 Å². The lowest BCUT2D eigenvalue weighted by Crippen LogP contribution is -2.26. The molecule has 14 heavy (non-hydrogen) atoms. The molecule has 1 spiro atoms. The molecule has 0 radical (unpaired) electrons. The summed E-state index contributed by atoms with van der Waals surface area (Å²) >= 11 is 0. The maximum absolute atomic E-state index is 3.59. The third-order valence-electron chi connectivity index (χ3n) is 4.82. The molecular formula is C13H25N. The smallest absolute Gasteiger partial charge is 0.00148 e. The Balaban J connectivity index is 1.84. The quantitative estimate of drug-likeness (QED) is 0.679. The number of nitrogens with one attached hydrogen (secondary N) is 1. The summed E-state index contributed by atoms with van der Waals surface area (Å²) in [5.41, 5.74) is 1.37. The van der Waals surface area contributed by atoms with Gasteiger partial charge in [0, 0.05) is 0 Å². The van der Waals surface area contributed by atoms with E-state index in [2.05, 4.69) is 26.1 Å². The first-order valence-electron chi connectivity index (χ1n) is 6.33. The Morgan fingerprint density at radius 3 is 2.64 bits per heavy atom. The van der Waals surface area contributed by atoms with Crippen LogP contribution in [0.3, 0.4) is 0 Å². The van der Waals surface area contributed by atoms with Gasteiger partial charge in [0.25, 0.3) is 0 Å². The van der Waals surface area contributed by atoms with Crippen LogP contribution in [0.2, 0.25) is 0 Å². The third kappa shape index (κ3) is 1.50. The molecule has 2 aliphatic rings. The summed E-state index contributed by atoms with van der Waals surface area (Å²) in [4.78, 5) is 0. The van der Waals surface area contributed by atoms with Crippen LogP contribution in [0.5, 0.6) is 0 Å². The second-order valence-corrected chi connectivity index (χ2v) is 6.00. The number of hydrogen-bond donors (Lipinski definition) is 1. The second kappa shape index (κ2) is 3.52. The van der Waals surface area contributed by atoms with Crippen LogP contribution in [0, 0.1) is 16.7 Å². The van der Waals surface area contributed by atoms with Gasteiger partial charge in [0.15, 0.2) is 0 Å². The van der Waals surface area contributed by atoms with Gasteiger partial charge in [-0.2, -0.15) is 0 Å². The third-order valence-corrected chi connectivity index (χ3v) is 4.82. The predicted molar refractivity (Wildman–Crippen MR) is 61.3 cm³/mol. The van der Waals surface area contributed by atoms with Crippen molar-refractivity contribution < 1.29 is 0 Å². The van der Waals surface area contributed by atoms with Crippen molar-refractivity contribution >= 4 is 0 Å². The first kappa shape index (κ1) is 10.5. The summed E-state index contributed by atoms with van der Waals surface area (Å²) in [7, 11) is 0. The highest BCUT2D eigenvalue weighted by atomic mass is 14.9. The van der Waals surface area contributed by atoms with Gasteiger partial charge in [0.05, 0.1) is 0 Å². The minimum absolute atomic E-state index is 0.631. The van der Waals surface area contributed by atoms with Gasteiger partial charge >= 0.3 is 0 Å². The van der Waals surface area contributed by atoms with Gasteiger partial charge in [-0.05, 0) is 55.5 Å². The average Bonchev–Trinajstić information content (AvgIpc) is 2.73. The summed E-state index contributed by atoms with van der Waals surface area (Å²) in [6, 6.07) is 0. The van der Waals surface area contributed by atoms with Crippen LogP contribution >= 0.6 is 0 Å². The summed E-state index contributed by atoms with van der Waals surface area (Å²) in [6.45, 7) is 9.69. The lowest BCUT2D eigenvalue weighted by molar-refractivity contribution is 0.212. The van der Waals surface area contributed by atoms with Gasteiger partial charge in [-0.1, -0.05) is 27.2 Å². The number of hydrogen-bond acceptors (Lipinski definition) is 1. The molecule has 2 aliphatic carbocycles. The molecule has 2 rings (SSSR count). The molecule has 2 saturated carbocycles. The fraction of sp³-hybridized carbons (Fsp3) is 1.00. The van der Waals surface area contributed by atoms with Crippen LogP contribution in [0.25, 0.3) is 0 Å². The van der Waals surface area contributed by atoms with Crippen molar-refractivity contribution in [3.05, 3.63) is 0 Å². The van der Waals surface area contributed by atoms with Crippen molar-refractivity contribution in [1.82, 2.24) is 5.32 Å². The van der Waals surface area contributed by atoms with E-state index in [0.29, 0.717) is 5.41 Å². The fourth-order valence-electron chi connectivity index (χ4n) is 3.67. The maximum Gasteiger partial charge on any atom is -0.00148 e. The Hall–Kier alpha value is -0.0400. The van der Waals surface area contributed by atoms with E-state index in [1.807, 2.05) is 0 Å². The predicted octanol–water partition coefficient (Wildman–Crippen LogP) is 3.20. The zero-order valence-electron chi connectivity index (χ0n) is 10.0. The van der Waals surface area contributed by atoms with Crippen LogP contribution in [-0.4, -0.2) is 13.1 Å². The Kier molecular flexibility index (Phi) is 2.63. The molecule has 1 N–H and O–H groups in total. The largest absolute Gasteiger partial charge is 0.316 e.